The largest absolute Gasteiger partial charge is 0.370 e. The molecule has 1 N–H and O–H groups in total. The number of halogens is 1. The third-order valence-corrected chi connectivity index (χ3v) is 4.49. The number of anilines is 1. The first-order chi connectivity index (χ1) is 10.2. The maximum Gasteiger partial charge on any atom is 0.126 e. The predicted octanol–water partition coefficient (Wildman–Crippen LogP) is 4.29. The molecule has 5 heteroatoms. The molecule has 0 atom stereocenters. The van der Waals surface area contributed by atoms with Crippen molar-refractivity contribution >= 4 is 28.8 Å². The van der Waals surface area contributed by atoms with Crippen LogP contribution in [0.2, 0.25) is 5.02 Å². The van der Waals surface area contributed by atoms with E-state index >= 15 is 0 Å². The van der Waals surface area contributed by atoms with Gasteiger partial charge < -0.3 is 10.2 Å². The third kappa shape index (κ3) is 5.30. The smallest absolute Gasteiger partial charge is 0.126 e. The number of pyridine rings is 1. The second-order valence-corrected chi connectivity index (χ2v) is 6.56. The summed E-state index contributed by atoms with van der Waals surface area (Å²) in [7, 11) is 2.11. The van der Waals surface area contributed by atoms with Crippen molar-refractivity contribution in [3.05, 3.63) is 45.2 Å². The number of nitrogens with one attached hydrogen (secondary N) is 1. The summed E-state index contributed by atoms with van der Waals surface area (Å²) >= 11 is 8.07. The maximum absolute atomic E-state index is 6.26. The van der Waals surface area contributed by atoms with Gasteiger partial charge in [0.15, 0.2) is 0 Å². The minimum atomic E-state index is 0.736. The molecule has 0 aliphatic rings. The summed E-state index contributed by atoms with van der Waals surface area (Å²) in [6.07, 6.45) is 2.15. The Hall–Kier alpha value is -1.10. The van der Waals surface area contributed by atoms with Gasteiger partial charge in [0.25, 0.3) is 0 Å². The molecule has 0 saturated heterocycles. The molecule has 2 aromatic heterocycles. The Bertz CT molecular complexity index is 542. The average molecular weight is 324 g/mol. The molecule has 0 aromatic carbocycles. The molecule has 0 spiro atoms. The lowest BCUT2D eigenvalue weighted by molar-refractivity contribution is 0.328. The van der Waals surface area contributed by atoms with Gasteiger partial charge >= 0.3 is 0 Å². The molecular formula is C16H22ClN3S. The van der Waals surface area contributed by atoms with Crippen molar-refractivity contribution in [2.45, 2.75) is 26.3 Å². The van der Waals surface area contributed by atoms with Crippen molar-refractivity contribution in [3.8, 4) is 0 Å². The molecule has 21 heavy (non-hydrogen) atoms. The second-order valence-electron chi connectivity index (χ2n) is 5.12. The Labute approximate surface area is 136 Å². The third-order valence-electron chi connectivity index (χ3n) is 3.21. The molecular weight excluding hydrogens is 302 g/mol. The first-order valence-corrected chi connectivity index (χ1v) is 8.55. The Morgan fingerprint density at radius 2 is 2.19 bits per heavy atom. The zero-order valence-electron chi connectivity index (χ0n) is 12.6. The molecule has 0 radical (unpaired) electrons. The first-order valence-electron chi connectivity index (χ1n) is 7.29. The summed E-state index contributed by atoms with van der Waals surface area (Å²) in [4.78, 5) is 8.29. The van der Waals surface area contributed by atoms with Gasteiger partial charge in [0.2, 0.25) is 0 Å². The van der Waals surface area contributed by atoms with Crippen LogP contribution in [0.5, 0.6) is 0 Å². The van der Waals surface area contributed by atoms with Gasteiger partial charge in [-0.1, -0.05) is 24.6 Å². The van der Waals surface area contributed by atoms with Gasteiger partial charge in [-0.3, -0.25) is 0 Å². The molecule has 0 aliphatic heterocycles. The topological polar surface area (TPSA) is 28.2 Å². The Morgan fingerprint density at radius 3 is 2.90 bits per heavy atom. The van der Waals surface area contributed by atoms with Crippen LogP contribution < -0.4 is 5.32 Å². The number of hydrogen-bond donors (Lipinski definition) is 1. The molecule has 0 amide bonds. The van der Waals surface area contributed by atoms with Crippen molar-refractivity contribution in [2.24, 2.45) is 0 Å². The molecule has 0 bridgehead atoms. The maximum atomic E-state index is 6.26. The van der Waals surface area contributed by atoms with Gasteiger partial charge in [-0.15, -0.1) is 11.3 Å². The minimum Gasteiger partial charge on any atom is -0.370 e. The fraction of sp³-hybridized carbons (Fsp3) is 0.438. The average Bonchev–Trinajstić information content (AvgIpc) is 2.99. The predicted molar refractivity (Wildman–Crippen MR) is 92.4 cm³/mol. The van der Waals surface area contributed by atoms with Crippen molar-refractivity contribution < 1.29 is 0 Å². The van der Waals surface area contributed by atoms with Crippen LogP contribution in [0.4, 0.5) is 5.82 Å². The number of thiophene rings is 1. The summed E-state index contributed by atoms with van der Waals surface area (Å²) in [5.74, 6) is 0.905. The van der Waals surface area contributed by atoms with Crippen molar-refractivity contribution in [1.29, 1.82) is 0 Å². The lowest BCUT2D eigenvalue weighted by Gasteiger charge is -2.17. The van der Waals surface area contributed by atoms with E-state index in [0.29, 0.717) is 0 Å². The summed E-state index contributed by atoms with van der Waals surface area (Å²) in [6, 6.07) is 8.14. The SMILES string of the molecule is CCCNc1ccc(Cl)c(CN(C)CCc2cccs2)n1. The Kier molecular flexibility index (Phi) is 6.49. The van der Waals surface area contributed by atoms with E-state index in [4.69, 9.17) is 11.6 Å². The van der Waals surface area contributed by atoms with Crippen LogP contribution >= 0.6 is 22.9 Å². The fourth-order valence-electron chi connectivity index (χ4n) is 2.04. The highest BCUT2D eigenvalue weighted by molar-refractivity contribution is 7.09. The quantitative estimate of drug-likeness (QED) is 0.785. The summed E-state index contributed by atoms with van der Waals surface area (Å²) < 4.78 is 0. The number of likely N-dealkylation sites (N-methyl/N-ethyl adjacent to an activating group) is 1. The molecule has 114 valence electrons. The molecule has 2 aromatic rings. The van der Waals surface area contributed by atoms with E-state index < -0.39 is 0 Å². The lowest BCUT2D eigenvalue weighted by atomic mass is 10.3. The zero-order valence-corrected chi connectivity index (χ0v) is 14.2. The molecule has 0 fully saturated rings. The monoisotopic (exact) mass is 323 g/mol. The molecule has 2 rings (SSSR count). The van der Waals surface area contributed by atoms with E-state index in [1.165, 1.54) is 4.88 Å². The summed E-state index contributed by atoms with van der Waals surface area (Å²) in [5, 5.41) is 6.16. The van der Waals surface area contributed by atoms with E-state index in [1.54, 1.807) is 0 Å². The normalized spacial score (nSPS) is 11.0. The second kappa shape index (κ2) is 8.37. The number of nitrogens with zero attached hydrogens (tertiary/aromatic N) is 2. The van der Waals surface area contributed by atoms with Crippen LogP contribution in [0.25, 0.3) is 0 Å². The highest BCUT2D eigenvalue weighted by atomic mass is 35.5. The van der Waals surface area contributed by atoms with Crippen LogP contribution in [-0.4, -0.2) is 30.0 Å². The number of aromatic nitrogens is 1. The summed E-state index contributed by atoms with van der Waals surface area (Å²) in [5.41, 5.74) is 0.937. The van der Waals surface area contributed by atoms with Crippen molar-refractivity contribution in [1.82, 2.24) is 9.88 Å². The summed E-state index contributed by atoms with van der Waals surface area (Å²) in [6.45, 7) is 4.85. The van der Waals surface area contributed by atoms with Gasteiger partial charge in [-0.25, -0.2) is 4.98 Å². The lowest BCUT2D eigenvalue weighted by Crippen LogP contribution is -2.21. The van der Waals surface area contributed by atoms with Crippen LogP contribution in [0.1, 0.15) is 23.9 Å². The molecule has 2 heterocycles. The highest BCUT2D eigenvalue weighted by Gasteiger charge is 2.08. The van der Waals surface area contributed by atoms with Gasteiger partial charge in [0.05, 0.1) is 10.7 Å². The van der Waals surface area contributed by atoms with Gasteiger partial charge in [-0.05, 0) is 43.5 Å². The van der Waals surface area contributed by atoms with Crippen LogP contribution in [0.15, 0.2) is 29.6 Å². The van der Waals surface area contributed by atoms with E-state index in [1.807, 2.05) is 23.5 Å². The Balaban J connectivity index is 1.91. The van der Waals surface area contributed by atoms with E-state index in [0.717, 1.165) is 49.0 Å². The molecule has 3 nitrogen and oxygen atoms in total. The van der Waals surface area contributed by atoms with Crippen molar-refractivity contribution in [3.63, 3.8) is 0 Å². The van der Waals surface area contributed by atoms with Crippen LogP contribution in [-0.2, 0) is 13.0 Å². The van der Waals surface area contributed by atoms with E-state index in [-0.39, 0.29) is 0 Å². The minimum absolute atomic E-state index is 0.736. The Morgan fingerprint density at radius 1 is 1.33 bits per heavy atom. The van der Waals surface area contributed by atoms with Gasteiger partial charge in [0.1, 0.15) is 5.82 Å². The first kappa shape index (κ1) is 16.3. The fourth-order valence-corrected chi connectivity index (χ4v) is 2.90. The highest BCUT2D eigenvalue weighted by Crippen LogP contribution is 2.18. The van der Waals surface area contributed by atoms with E-state index in [2.05, 4.69) is 46.7 Å². The van der Waals surface area contributed by atoms with Gasteiger partial charge in [0, 0.05) is 24.5 Å². The van der Waals surface area contributed by atoms with E-state index in [9.17, 15) is 0 Å². The number of hydrogen-bond acceptors (Lipinski definition) is 4. The van der Waals surface area contributed by atoms with Gasteiger partial charge in [-0.2, -0.15) is 0 Å². The zero-order chi connectivity index (χ0) is 15.1. The molecule has 0 saturated carbocycles. The molecule has 0 unspecified atom stereocenters. The van der Waals surface area contributed by atoms with Crippen molar-refractivity contribution in [2.75, 3.05) is 25.5 Å². The van der Waals surface area contributed by atoms with Crippen LogP contribution in [0, 0.1) is 0 Å². The standard InChI is InChI=1S/C16H22ClN3S/c1-3-9-18-16-7-6-14(17)15(19-16)12-20(2)10-8-13-5-4-11-21-13/h4-7,11H,3,8-10,12H2,1-2H3,(H,18,19). The number of rotatable bonds is 8. The molecule has 0 aliphatic carbocycles. The van der Waals surface area contributed by atoms with Crippen LogP contribution in [0.3, 0.4) is 0 Å².